The average Bonchev–Trinajstić information content (AvgIpc) is 2.98. The number of halogens is 1. The molecule has 8 nitrogen and oxygen atoms in total. The third kappa shape index (κ3) is 4.04. The zero-order chi connectivity index (χ0) is 22.1. The van der Waals surface area contributed by atoms with Crippen molar-refractivity contribution in [3.05, 3.63) is 64.2 Å². The fraction of sp³-hybridized carbons (Fsp3) is 0.273. The highest BCUT2D eigenvalue weighted by Gasteiger charge is 2.44. The van der Waals surface area contributed by atoms with E-state index in [4.69, 9.17) is 17.3 Å². The van der Waals surface area contributed by atoms with Crippen molar-refractivity contribution in [1.29, 1.82) is 0 Å². The third-order valence-electron chi connectivity index (χ3n) is 5.45. The Hall–Kier alpha value is -3.23. The van der Waals surface area contributed by atoms with Crippen molar-refractivity contribution in [2.75, 3.05) is 18.0 Å². The predicted molar refractivity (Wildman–Crippen MR) is 115 cm³/mol. The molecule has 160 valence electrons. The van der Waals surface area contributed by atoms with Gasteiger partial charge in [-0.25, -0.2) is 0 Å². The topological polar surface area (TPSA) is 113 Å². The minimum absolute atomic E-state index is 0.0823. The van der Waals surface area contributed by atoms with Crippen molar-refractivity contribution < 1.29 is 19.2 Å². The highest BCUT2D eigenvalue weighted by molar-refractivity contribution is 6.30. The molecule has 3 N–H and O–H groups in total. The fourth-order valence-electron chi connectivity index (χ4n) is 3.97. The Balaban J connectivity index is 1.62. The first-order valence-electron chi connectivity index (χ1n) is 9.94. The number of imide groups is 2. The molecule has 1 saturated heterocycles. The summed E-state index contributed by atoms with van der Waals surface area (Å²) in [6, 6.07) is 11.5. The maximum atomic E-state index is 13.0. The summed E-state index contributed by atoms with van der Waals surface area (Å²) >= 11 is 6.09. The summed E-state index contributed by atoms with van der Waals surface area (Å²) in [6.07, 6.45) is 0.204. The molecule has 4 rings (SSSR count). The third-order valence-corrected chi connectivity index (χ3v) is 5.69. The monoisotopic (exact) mass is 440 g/mol. The molecule has 9 heteroatoms. The summed E-state index contributed by atoms with van der Waals surface area (Å²) < 4.78 is 0. The van der Waals surface area contributed by atoms with E-state index in [2.05, 4.69) is 5.32 Å². The SMILES string of the molecule is NCCN(Cc1cccc(Cl)c1)c1ccc2c(c1)C(=O)N(C1CCC(=O)NC1=O)C2=O. The van der Waals surface area contributed by atoms with Crippen molar-refractivity contribution >= 4 is 40.9 Å². The summed E-state index contributed by atoms with van der Waals surface area (Å²) in [4.78, 5) is 52.5. The van der Waals surface area contributed by atoms with E-state index in [1.54, 1.807) is 24.3 Å². The molecule has 2 heterocycles. The van der Waals surface area contributed by atoms with Gasteiger partial charge >= 0.3 is 0 Å². The molecule has 0 spiro atoms. The fourth-order valence-corrected chi connectivity index (χ4v) is 4.18. The normalized spacial score (nSPS) is 18.3. The number of nitrogens with two attached hydrogens (primary N) is 1. The van der Waals surface area contributed by atoms with Gasteiger partial charge in [-0.05, 0) is 42.3 Å². The van der Waals surface area contributed by atoms with Crippen LogP contribution in [0.1, 0.15) is 39.1 Å². The average molecular weight is 441 g/mol. The molecule has 2 aliphatic heterocycles. The lowest BCUT2D eigenvalue weighted by Gasteiger charge is -2.27. The van der Waals surface area contributed by atoms with Gasteiger partial charge in [-0.2, -0.15) is 0 Å². The molecule has 2 aliphatic rings. The number of nitrogens with zero attached hydrogens (tertiary/aromatic N) is 2. The lowest BCUT2D eigenvalue weighted by Crippen LogP contribution is -2.54. The molecule has 0 bridgehead atoms. The lowest BCUT2D eigenvalue weighted by molar-refractivity contribution is -0.136. The number of fused-ring (bicyclic) bond motifs is 1. The summed E-state index contributed by atoms with van der Waals surface area (Å²) in [5.74, 6) is -2.09. The number of carbonyl (C=O) groups is 4. The Morgan fingerprint density at radius 1 is 1.06 bits per heavy atom. The maximum Gasteiger partial charge on any atom is 0.262 e. The number of piperidine rings is 1. The van der Waals surface area contributed by atoms with Crippen LogP contribution < -0.4 is 16.0 Å². The van der Waals surface area contributed by atoms with Gasteiger partial charge in [0.15, 0.2) is 0 Å². The van der Waals surface area contributed by atoms with E-state index in [1.165, 1.54) is 0 Å². The van der Waals surface area contributed by atoms with Crippen molar-refractivity contribution in [1.82, 2.24) is 10.2 Å². The van der Waals surface area contributed by atoms with Crippen LogP contribution in [0.2, 0.25) is 5.02 Å². The molecule has 2 aromatic carbocycles. The molecular weight excluding hydrogens is 420 g/mol. The van der Waals surface area contributed by atoms with Gasteiger partial charge in [0.1, 0.15) is 6.04 Å². The number of rotatable bonds is 6. The molecule has 1 unspecified atom stereocenters. The zero-order valence-corrected chi connectivity index (χ0v) is 17.4. The first-order chi connectivity index (χ1) is 14.9. The standard InChI is InChI=1S/C22H21ClN4O4/c23-14-3-1-2-13(10-14)12-26(9-8-24)15-4-5-16-17(11-15)22(31)27(21(16)30)18-6-7-19(28)25-20(18)29/h1-5,10-11,18H,6-9,12,24H2,(H,25,28,29). The van der Waals surface area contributed by atoms with E-state index in [1.807, 2.05) is 23.1 Å². The summed E-state index contributed by atoms with van der Waals surface area (Å²) in [6.45, 7) is 1.45. The Bertz CT molecular complexity index is 1090. The molecule has 0 radical (unpaired) electrons. The smallest absolute Gasteiger partial charge is 0.262 e. The molecule has 1 atom stereocenters. The maximum absolute atomic E-state index is 13.0. The van der Waals surface area contributed by atoms with Crippen LogP contribution >= 0.6 is 11.6 Å². The molecule has 0 saturated carbocycles. The van der Waals surface area contributed by atoms with Crippen molar-refractivity contribution in [2.45, 2.75) is 25.4 Å². The number of amides is 4. The van der Waals surface area contributed by atoms with E-state index < -0.39 is 29.7 Å². The minimum Gasteiger partial charge on any atom is -0.366 e. The first kappa shape index (κ1) is 21.0. The molecule has 1 fully saturated rings. The van der Waals surface area contributed by atoms with Crippen LogP contribution in [-0.2, 0) is 16.1 Å². The second-order valence-corrected chi connectivity index (χ2v) is 7.95. The number of carbonyl (C=O) groups excluding carboxylic acids is 4. The van der Waals surface area contributed by atoms with Crippen LogP contribution in [0, 0.1) is 0 Å². The molecular formula is C22H21ClN4O4. The quantitative estimate of drug-likeness (QED) is 0.661. The molecule has 4 amide bonds. The number of nitrogens with one attached hydrogen (secondary N) is 1. The van der Waals surface area contributed by atoms with E-state index in [9.17, 15) is 19.2 Å². The van der Waals surface area contributed by atoms with Gasteiger partial charge in [0.05, 0.1) is 11.1 Å². The summed E-state index contributed by atoms with van der Waals surface area (Å²) in [5.41, 5.74) is 7.98. The second kappa shape index (κ2) is 8.49. The van der Waals surface area contributed by atoms with Crippen LogP contribution in [0.5, 0.6) is 0 Å². The van der Waals surface area contributed by atoms with Gasteiger partial charge in [-0.3, -0.25) is 29.4 Å². The van der Waals surface area contributed by atoms with E-state index in [0.717, 1.165) is 16.2 Å². The Morgan fingerprint density at radius 3 is 2.55 bits per heavy atom. The van der Waals surface area contributed by atoms with Gasteiger partial charge in [0, 0.05) is 36.8 Å². The van der Waals surface area contributed by atoms with Gasteiger partial charge in [-0.1, -0.05) is 23.7 Å². The van der Waals surface area contributed by atoms with Crippen LogP contribution in [0.15, 0.2) is 42.5 Å². The Kier molecular flexibility index (Phi) is 5.75. The largest absolute Gasteiger partial charge is 0.366 e. The zero-order valence-electron chi connectivity index (χ0n) is 16.6. The summed E-state index contributed by atoms with van der Waals surface area (Å²) in [5, 5.41) is 2.82. The summed E-state index contributed by atoms with van der Waals surface area (Å²) in [7, 11) is 0. The molecule has 31 heavy (non-hydrogen) atoms. The van der Waals surface area contributed by atoms with Gasteiger partial charge in [0.2, 0.25) is 11.8 Å². The predicted octanol–water partition coefficient (Wildman–Crippen LogP) is 1.71. The van der Waals surface area contributed by atoms with Crippen LogP contribution in [0.4, 0.5) is 5.69 Å². The van der Waals surface area contributed by atoms with Gasteiger partial charge in [0.25, 0.3) is 11.8 Å². The second-order valence-electron chi connectivity index (χ2n) is 7.52. The van der Waals surface area contributed by atoms with E-state index in [0.29, 0.717) is 24.7 Å². The van der Waals surface area contributed by atoms with Crippen molar-refractivity contribution in [2.24, 2.45) is 5.73 Å². The Morgan fingerprint density at radius 2 is 1.84 bits per heavy atom. The number of benzene rings is 2. The van der Waals surface area contributed by atoms with Crippen molar-refractivity contribution in [3.63, 3.8) is 0 Å². The lowest BCUT2D eigenvalue weighted by atomic mass is 10.0. The first-order valence-corrected chi connectivity index (χ1v) is 10.3. The minimum atomic E-state index is -0.986. The van der Waals surface area contributed by atoms with Crippen LogP contribution in [-0.4, -0.2) is 47.7 Å². The molecule has 0 aromatic heterocycles. The number of hydrogen-bond donors (Lipinski definition) is 2. The van der Waals surface area contributed by atoms with Crippen LogP contribution in [0.3, 0.4) is 0 Å². The number of hydrogen-bond acceptors (Lipinski definition) is 6. The van der Waals surface area contributed by atoms with Gasteiger partial charge < -0.3 is 10.6 Å². The van der Waals surface area contributed by atoms with Crippen LogP contribution in [0.25, 0.3) is 0 Å². The van der Waals surface area contributed by atoms with Crippen molar-refractivity contribution in [3.8, 4) is 0 Å². The highest BCUT2D eigenvalue weighted by Crippen LogP contribution is 2.31. The highest BCUT2D eigenvalue weighted by atomic mass is 35.5. The molecule has 0 aliphatic carbocycles. The Labute approximate surface area is 183 Å². The molecule has 2 aromatic rings. The van der Waals surface area contributed by atoms with E-state index in [-0.39, 0.29) is 24.0 Å². The van der Waals surface area contributed by atoms with Gasteiger partial charge in [-0.15, -0.1) is 0 Å². The number of anilines is 1. The van der Waals surface area contributed by atoms with E-state index >= 15 is 0 Å².